The molecule has 0 N–H and O–H groups in total. The fraction of sp³-hybridized carbons (Fsp3) is 0.550. The van der Waals surface area contributed by atoms with Crippen LogP contribution >= 0.6 is 11.8 Å². The normalized spacial score (nSPS) is 17.3. The van der Waals surface area contributed by atoms with E-state index in [1.165, 1.54) is 18.2 Å². The van der Waals surface area contributed by atoms with Gasteiger partial charge in [-0.15, -0.1) is 10.2 Å². The third-order valence-electron chi connectivity index (χ3n) is 4.81. The summed E-state index contributed by atoms with van der Waals surface area (Å²) in [5.74, 6) is 2.03. The third kappa shape index (κ3) is 5.32. The predicted octanol–water partition coefficient (Wildman–Crippen LogP) is 3.33. The van der Waals surface area contributed by atoms with Gasteiger partial charge < -0.3 is 14.2 Å². The molecule has 1 aromatic carbocycles. The molecule has 0 radical (unpaired) electrons. The van der Waals surface area contributed by atoms with Crippen LogP contribution in [0, 0.1) is 5.92 Å². The van der Waals surface area contributed by atoms with Gasteiger partial charge in [0.1, 0.15) is 0 Å². The van der Waals surface area contributed by atoms with Crippen LogP contribution in [0.1, 0.15) is 26.2 Å². The Morgan fingerprint density at radius 3 is 2.85 bits per heavy atom. The highest BCUT2D eigenvalue weighted by Gasteiger charge is 2.22. The fourth-order valence-corrected chi connectivity index (χ4v) is 4.27. The summed E-state index contributed by atoms with van der Waals surface area (Å²) in [4.78, 5) is 14.6. The Morgan fingerprint density at radius 1 is 1.30 bits per heavy atom. The summed E-state index contributed by atoms with van der Waals surface area (Å²) in [6, 6.07) is 10.1. The van der Waals surface area contributed by atoms with Gasteiger partial charge in [-0.1, -0.05) is 49.0 Å². The van der Waals surface area contributed by atoms with Crippen LogP contribution < -0.4 is 0 Å². The number of ether oxygens (including phenoxy) is 1. The van der Waals surface area contributed by atoms with Gasteiger partial charge in [-0.2, -0.15) is 0 Å². The predicted molar refractivity (Wildman–Crippen MR) is 108 cm³/mol. The van der Waals surface area contributed by atoms with E-state index in [1.807, 2.05) is 35.2 Å². The minimum Gasteiger partial charge on any atom is -0.385 e. The van der Waals surface area contributed by atoms with Crippen molar-refractivity contribution in [1.82, 2.24) is 19.7 Å². The van der Waals surface area contributed by atoms with Gasteiger partial charge in [-0.05, 0) is 25.2 Å². The van der Waals surface area contributed by atoms with Gasteiger partial charge in [-0.3, -0.25) is 4.79 Å². The van der Waals surface area contributed by atoms with Crippen LogP contribution in [0.25, 0.3) is 11.4 Å². The first-order valence-electron chi connectivity index (χ1n) is 9.57. The highest BCUT2D eigenvalue weighted by atomic mass is 32.2. The first-order valence-corrected chi connectivity index (χ1v) is 10.6. The Labute approximate surface area is 165 Å². The number of amides is 1. The number of hydrogen-bond acceptors (Lipinski definition) is 5. The van der Waals surface area contributed by atoms with E-state index in [0.717, 1.165) is 49.0 Å². The topological polar surface area (TPSA) is 60.2 Å². The fourth-order valence-electron chi connectivity index (χ4n) is 3.40. The number of carbonyl (C=O) groups is 1. The van der Waals surface area contributed by atoms with Crippen LogP contribution in [0.2, 0.25) is 0 Å². The van der Waals surface area contributed by atoms with Crippen molar-refractivity contribution < 1.29 is 9.53 Å². The Kier molecular flexibility index (Phi) is 7.29. The van der Waals surface area contributed by atoms with Crippen molar-refractivity contribution in [3.05, 3.63) is 30.3 Å². The van der Waals surface area contributed by atoms with E-state index < -0.39 is 0 Å². The van der Waals surface area contributed by atoms with E-state index in [-0.39, 0.29) is 5.91 Å². The lowest BCUT2D eigenvalue weighted by Gasteiger charge is -2.30. The van der Waals surface area contributed by atoms with Crippen LogP contribution in [-0.2, 0) is 16.1 Å². The minimum absolute atomic E-state index is 0.194. The molecule has 1 saturated heterocycles. The van der Waals surface area contributed by atoms with Crippen LogP contribution in [0.5, 0.6) is 0 Å². The lowest BCUT2D eigenvalue weighted by atomic mass is 10.0. The average Bonchev–Trinajstić information content (AvgIpc) is 3.10. The summed E-state index contributed by atoms with van der Waals surface area (Å²) in [6.45, 7) is 5.41. The van der Waals surface area contributed by atoms with Crippen molar-refractivity contribution in [2.45, 2.75) is 37.9 Å². The van der Waals surface area contributed by atoms with Gasteiger partial charge in [0, 0.05) is 38.9 Å². The van der Waals surface area contributed by atoms with Crippen LogP contribution in [0.4, 0.5) is 0 Å². The van der Waals surface area contributed by atoms with Gasteiger partial charge in [0.15, 0.2) is 11.0 Å². The van der Waals surface area contributed by atoms with E-state index in [2.05, 4.69) is 21.7 Å². The molecular formula is C20H28N4O2S. The molecule has 146 valence electrons. The summed E-state index contributed by atoms with van der Waals surface area (Å²) in [6.07, 6.45) is 3.19. The Hall–Kier alpha value is -1.86. The summed E-state index contributed by atoms with van der Waals surface area (Å²) < 4.78 is 7.29. The molecule has 6 nitrogen and oxygen atoms in total. The molecule has 1 fully saturated rings. The van der Waals surface area contributed by atoms with Crippen LogP contribution in [0.15, 0.2) is 35.5 Å². The lowest BCUT2D eigenvalue weighted by molar-refractivity contribution is -0.130. The zero-order valence-corrected chi connectivity index (χ0v) is 17.0. The van der Waals surface area contributed by atoms with E-state index in [0.29, 0.717) is 18.3 Å². The maximum Gasteiger partial charge on any atom is 0.233 e. The summed E-state index contributed by atoms with van der Waals surface area (Å²) >= 11 is 1.48. The van der Waals surface area contributed by atoms with Crippen molar-refractivity contribution in [3.8, 4) is 11.4 Å². The standard InChI is InChI=1S/C20H28N4O2S/c1-16-8-6-11-23(14-16)18(25)15-27-20-22-21-19(17-9-4-3-5-10-17)24(20)12-7-13-26-2/h3-5,9-10,16H,6-8,11-15H2,1-2H3/t16-/m1/s1. The summed E-state index contributed by atoms with van der Waals surface area (Å²) in [7, 11) is 1.71. The van der Waals surface area contributed by atoms with Crippen molar-refractivity contribution in [1.29, 1.82) is 0 Å². The largest absolute Gasteiger partial charge is 0.385 e. The first kappa shape index (κ1) is 19.9. The second-order valence-electron chi connectivity index (χ2n) is 7.05. The Morgan fingerprint density at radius 2 is 2.11 bits per heavy atom. The number of hydrogen-bond donors (Lipinski definition) is 0. The van der Waals surface area contributed by atoms with E-state index in [4.69, 9.17) is 4.74 Å². The zero-order valence-electron chi connectivity index (χ0n) is 16.1. The van der Waals surface area contributed by atoms with Gasteiger partial charge >= 0.3 is 0 Å². The zero-order chi connectivity index (χ0) is 19.1. The third-order valence-corrected chi connectivity index (χ3v) is 5.76. The monoisotopic (exact) mass is 388 g/mol. The van der Waals surface area contributed by atoms with Crippen LogP contribution in [0.3, 0.4) is 0 Å². The molecule has 1 amide bonds. The molecule has 0 aliphatic carbocycles. The molecule has 2 heterocycles. The van der Waals surface area contributed by atoms with Crippen molar-refractivity contribution >= 4 is 17.7 Å². The molecule has 0 saturated carbocycles. The average molecular weight is 389 g/mol. The number of nitrogens with zero attached hydrogens (tertiary/aromatic N) is 4. The number of aromatic nitrogens is 3. The Balaban J connectivity index is 1.70. The quantitative estimate of drug-likeness (QED) is 0.513. The number of likely N-dealkylation sites (tertiary alicyclic amines) is 1. The van der Waals surface area contributed by atoms with E-state index in [9.17, 15) is 4.79 Å². The number of rotatable bonds is 8. The Bertz CT molecular complexity index is 735. The highest BCUT2D eigenvalue weighted by Crippen LogP contribution is 2.25. The number of carbonyl (C=O) groups excluding carboxylic acids is 1. The molecule has 0 bridgehead atoms. The van der Waals surface area contributed by atoms with E-state index in [1.54, 1.807) is 7.11 Å². The van der Waals surface area contributed by atoms with Gasteiger partial charge in [0.25, 0.3) is 0 Å². The number of thioether (sulfide) groups is 1. The summed E-state index contributed by atoms with van der Waals surface area (Å²) in [5.41, 5.74) is 1.03. The molecule has 0 unspecified atom stereocenters. The molecule has 27 heavy (non-hydrogen) atoms. The molecule has 2 aromatic rings. The maximum absolute atomic E-state index is 12.6. The molecule has 1 atom stereocenters. The molecule has 7 heteroatoms. The molecule has 1 aliphatic heterocycles. The minimum atomic E-state index is 0.194. The number of piperidine rings is 1. The molecule has 1 aliphatic rings. The first-order chi connectivity index (χ1) is 13.2. The smallest absolute Gasteiger partial charge is 0.233 e. The highest BCUT2D eigenvalue weighted by molar-refractivity contribution is 7.99. The van der Waals surface area contributed by atoms with E-state index >= 15 is 0 Å². The second kappa shape index (κ2) is 9.90. The number of methoxy groups -OCH3 is 1. The van der Waals surface area contributed by atoms with Crippen molar-refractivity contribution in [2.24, 2.45) is 5.92 Å². The molecule has 3 rings (SSSR count). The summed E-state index contributed by atoms with van der Waals surface area (Å²) in [5, 5.41) is 9.56. The van der Waals surface area contributed by atoms with Crippen molar-refractivity contribution in [2.75, 3.05) is 32.6 Å². The lowest BCUT2D eigenvalue weighted by Crippen LogP contribution is -2.40. The molecular weight excluding hydrogens is 360 g/mol. The molecule has 1 aromatic heterocycles. The van der Waals surface area contributed by atoms with Gasteiger partial charge in [-0.25, -0.2) is 0 Å². The van der Waals surface area contributed by atoms with Crippen molar-refractivity contribution in [3.63, 3.8) is 0 Å². The second-order valence-corrected chi connectivity index (χ2v) is 7.99. The van der Waals surface area contributed by atoms with Gasteiger partial charge in [0.05, 0.1) is 5.75 Å². The van der Waals surface area contributed by atoms with Crippen LogP contribution in [-0.4, -0.2) is 58.1 Å². The van der Waals surface area contributed by atoms with Gasteiger partial charge in [0.2, 0.25) is 5.91 Å². The SMILES string of the molecule is COCCCn1c(SCC(=O)N2CCC[C@@H](C)C2)nnc1-c1ccccc1. The molecule has 0 spiro atoms. The maximum atomic E-state index is 12.6. The number of benzene rings is 1.